The number of H-pyrrole nitrogens is 1. The molecule has 12 heteroatoms. The van der Waals surface area contributed by atoms with Gasteiger partial charge in [-0.2, -0.15) is 0 Å². The normalized spacial score (nSPS) is 18.6. The van der Waals surface area contributed by atoms with Crippen LogP contribution in [0.3, 0.4) is 0 Å². The van der Waals surface area contributed by atoms with E-state index in [2.05, 4.69) is 9.97 Å². The number of halogens is 2. The average Bonchev–Trinajstić information content (AvgIpc) is 3.32. The Hall–Kier alpha value is -2.14. The molecule has 1 fully saturated rings. The molecular weight excluding hydrogens is 481 g/mol. The first kappa shape index (κ1) is 24.5. The Morgan fingerprint density at radius 2 is 2.03 bits per heavy atom. The molecule has 0 bridgehead atoms. The molecule has 174 valence electrons. The number of carbonyl (C=O) groups is 3. The van der Waals surface area contributed by atoms with Crippen molar-refractivity contribution in [2.45, 2.75) is 32.8 Å². The molecule has 0 radical (unpaired) electrons. The molecule has 0 unspecified atom stereocenters. The summed E-state index contributed by atoms with van der Waals surface area (Å²) in [5, 5.41) is 10.4. The first-order chi connectivity index (χ1) is 15.2. The summed E-state index contributed by atoms with van der Waals surface area (Å²) >= 11 is 13.2. The Morgan fingerprint density at radius 3 is 2.59 bits per heavy atom. The van der Waals surface area contributed by atoms with Gasteiger partial charge in [-0.15, -0.1) is 0 Å². The van der Waals surface area contributed by atoms with Gasteiger partial charge in [-0.1, -0.05) is 34.5 Å². The number of nitrogens with zero attached hydrogens (tertiary/aromatic N) is 2. The lowest BCUT2D eigenvalue weighted by Gasteiger charge is -2.37. The molecule has 2 atom stereocenters. The highest BCUT2D eigenvalue weighted by atomic mass is 35.5. The van der Waals surface area contributed by atoms with Crippen LogP contribution in [0.15, 0.2) is 0 Å². The number of hydrogen-bond acceptors (Lipinski definition) is 8. The first-order valence-electron chi connectivity index (χ1n) is 9.93. The number of nitrogens with one attached hydrogen (secondary N) is 1. The number of esters is 1. The SMILES string of the molecule is CCOC(=O)c1sc(N2CC[C@H](CC(=O)c3[nH]c(C)c(Cl)c3Cl)[C@H](OC)C2)nc1C(=O)O. The van der Waals surface area contributed by atoms with Crippen molar-refractivity contribution in [3.8, 4) is 0 Å². The highest BCUT2D eigenvalue weighted by molar-refractivity contribution is 7.17. The molecule has 3 rings (SSSR count). The van der Waals surface area contributed by atoms with Gasteiger partial charge in [0.25, 0.3) is 0 Å². The summed E-state index contributed by atoms with van der Waals surface area (Å²) < 4.78 is 10.6. The predicted molar refractivity (Wildman–Crippen MR) is 121 cm³/mol. The number of thiazole rings is 1. The number of Topliss-reactive ketones (excluding diaryl/α,β-unsaturated/α-hetero) is 1. The van der Waals surface area contributed by atoms with Crippen LogP contribution in [0.2, 0.25) is 10.0 Å². The van der Waals surface area contributed by atoms with E-state index in [1.54, 1.807) is 21.0 Å². The molecule has 9 nitrogen and oxygen atoms in total. The average molecular weight is 504 g/mol. The number of piperidine rings is 1. The van der Waals surface area contributed by atoms with E-state index < -0.39 is 11.9 Å². The van der Waals surface area contributed by atoms with Crippen LogP contribution in [0, 0.1) is 12.8 Å². The van der Waals surface area contributed by atoms with Crippen LogP contribution in [0.25, 0.3) is 0 Å². The molecule has 0 aromatic carbocycles. The number of anilines is 1. The number of methoxy groups -OCH3 is 1. The monoisotopic (exact) mass is 503 g/mol. The molecular formula is C20H23Cl2N3O6S. The number of aryl methyl sites for hydroxylation is 1. The Labute approximate surface area is 198 Å². The number of aromatic nitrogens is 2. The van der Waals surface area contributed by atoms with E-state index in [-0.39, 0.29) is 52.1 Å². The molecule has 0 aliphatic carbocycles. The molecule has 1 aliphatic rings. The molecule has 2 aromatic heterocycles. The topological polar surface area (TPSA) is 122 Å². The van der Waals surface area contributed by atoms with Gasteiger partial charge in [0.1, 0.15) is 10.6 Å². The van der Waals surface area contributed by atoms with Crippen molar-refractivity contribution < 1.29 is 29.0 Å². The lowest BCUT2D eigenvalue weighted by molar-refractivity contribution is 0.0374. The van der Waals surface area contributed by atoms with Crippen LogP contribution in [0.1, 0.15) is 56.1 Å². The van der Waals surface area contributed by atoms with Crippen molar-refractivity contribution >= 4 is 57.4 Å². The van der Waals surface area contributed by atoms with Crippen molar-refractivity contribution in [2.75, 3.05) is 31.7 Å². The molecule has 0 spiro atoms. The zero-order chi connectivity index (χ0) is 23.6. The molecule has 32 heavy (non-hydrogen) atoms. The fourth-order valence-electron chi connectivity index (χ4n) is 3.67. The first-order valence-corrected chi connectivity index (χ1v) is 11.5. The van der Waals surface area contributed by atoms with Gasteiger partial charge in [0.05, 0.1) is 22.8 Å². The quantitative estimate of drug-likeness (QED) is 0.408. The van der Waals surface area contributed by atoms with E-state index in [1.165, 1.54) is 0 Å². The third-order valence-corrected chi connectivity index (χ3v) is 7.37. The van der Waals surface area contributed by atoms with Crippen LogP contribution in [0.4, 0.5) is 5.13 Å². The number of ether oxygens (including phenoxy) is 2. The zero-order valence-corrected chi connectivity index (χ0v) is 20.1. The fourth-order valence-corrected chi connectivity index (χ4v) is 5.09. The summed E-state index contributed by atoms with van der Waals surface area (Å²) in [6.45, 7) is 4.43. The van der Waals surface area contributed by atoms with Gasteiger partial charge in [-0.05, 0) is 26.2 Å². The highest BCUT2D eigenvalue weighted by Gasteiger charge is 2.35. The zero-order valence-electron chi connectivity index (χ0n) is 17.7. The number of carbonyl (C=O) groups excluding carboxylic acids is 2. The molecule has 2 N–H and O–H groups in total. The summed E-state index contributed by atoms with van der Waals surface area (Å²) in [6.07, 6.45) is 0.516. The van der Waals surface area contributed by atoms with Crippen molar-refractivity contribution in [1.82, 2.24) is 9.97 Å². The van der Waals surface area contributed by atoms with Gasteiger partial charge in [0.15, 0.2) is 16.6 Å². The fraction of sp³-hybridized carbons (Fsp3) is 0.500. The second kappa shape index (κ2) is 10.2. The van der Waals surface area contributed by atoms with Crippen LogP contribution < -0.4 is 4.90 Å². The summed E-state index contributed by atoms with van der Waals surface area (Å²) in [7, 11) is 1.56. The number of rotatable bonds is 8. The highest BCUT2D eigenvalue weighted by Crippen LogP contribution is 2.34. The molecule has 3 heterocycles. The Bertz CT molecular complexity index is 1040. The van der Waals surface area contributed by atoms with Crippen LogP contribution in [-0.4, -0.2) is 65.7 Å². The Morgan fingerprint density at radius 1 is 1.31 bits per heavy atom. The number of carboxylic acids is 1. The van der Waals surface area contributed by atoms with Gasteiger partial charge in [-0.25, -0.2) is 14.6 Å². The van der Waals surface area contributed by atoms with Gasteiger partial charge in [0.2, 0.25) is 0 Å². The maximum Gasteiger partial charge on any atom is 0.356 e. The lowest BCUT2D eigenvalue weighted by atomic mass is 9.88. The van der Waals surface area contributed by atoms with E-state index in [0.29, 0.717) is 35.4 Å². The Balaban J connectivity index is 1.75. The summed E-state index contributed by atoms with van der Waals surface area (Å²) in [5.74, 6) is -2.24. The van der Waals surface area contributed by atoms with Crippen LogP contribution in [-0.2, 0) is 9.47 Å². The number of aromatic amines is 1. The van der Waals surface area contributed by atoms with E-state index in [0.717, 1.165) is 11.3 Å². The van der Waals surface area contributed by atoms with Gasteiger partial charge in [0, 0.05) is 32.3 Å². The third kappa shape index (κ3) is 4.93. The molecule has 0 saturated carbocycles. The molecule has 1 aliphatic heterocycles. The standard InChI is InChI=1S/C20H23Cl2N3O6S/c1-4-31-19(29)17-16(18(27)28)24-20(32-17)25-6-5-10(12(8-25)30-3)7-11(26)15-14(22)13(21)9(2)23-15/h10,12,23H,4-8H2,1-3H3,(H,27,28)/t10-,12-/m1/s1. The molecule has 2 aromatic rings. The van der Waals surface area contributed by atoms with Gasteiger partial charge in [-0.3, -0.25) is 4.79 Å². The maximum atomic E-state index is 12.8. The van der Waals surface area contributed by atoms with Crippen molar-refractivity contribution in [1.29, 1.82) is 0 Å². The van der Waals surface area contributed by atoms with Crippen molar-refractivity contribution in [2.24, 2.45) is 5.92 Å². The van der Waals surface area contributed by atoms with E-state index in [9.17, 15) is 19.5 Å². The minimum atomic E-state index is -1.30. The molecule has 0 amide bonds. The second-order valence-corrected chi connectivity index (χ2v) is 9.08. The number of ketones is 1. The van der Waals surface area contributed by atoms with Crippen LogP contribution in [0.5, 0.6) is 0 Å². The van der Waals surface area contributed by atoms with Crippen LogP contribution >= 0.6 is 34.5 Å². The lowest BCUT2D eigenvalue weighted by Crippen LogP contribution is -2.45. The van der Waals surface area contributed by atoms with Gasteiger partial charge >= 0.3 is 11.9 Å². The summed E-state index contributed by atoms with van der Waals surface area (Å²) in [6, 6.07) is 0. The number of hydrogen-bond donors (Lipinski definition) is 2. The largest absolute Gasteiger partial charge is 0.476 e. The van der Waals surface area contributed by atoms with E-state index in [4.69, 9.17) is 32.7 Å². The second-order valence-electron chi connectivity index (χ2n) is 7.35. The smallest absolute Gasteiger partial charge is 0.356 e. The van der Waals surface area contributed by atoms with E-state index >= 15 is 0 Å². The summed E-state index contributed by atoms with van der Waals surface area (Å²) in [4.78, 5) is 45.4. The van der Waals surface area contributed by atoms with Crippen molar-refractivity contribution in [3.63, 3.8) is 0 Å². The minimum Gasteiger partial charge on any atom is -0.476 e. The van der Waals surface area contributed by atoms with Gasteiger partial charge < -0.3 is 24.5 Å². The summed E-state index contributed by atoms with van der Waals surface area (Å²) in [5.41, 5.74) is 0.591. The third-order valence-electron chi connectivity index (χ3n) is 5.33. The van der Waals surface area contributed by atoms with Crippen molar-refractivity contribution in [3.05, 3.63) is 32.0 Å². The Kier molecular flexibility index (Phi) is 7.81. The maximum absolute atomic E-state index is 12.8. The number of carboxylic acid groups (broad SMARTS) is 1. The number of aromatic carboxylic acids is 1. The predicted octanol–water partition coefficient (Wildman–Crippen LogP) is 4.08. The minimum absolute atomic E-state index is 0.0470. The van der Waals surface area contributed by atoms with E-state index in [1.807, 2.05) is 4.90 Å². The molecule has 1 saturated heterocycles.